The molecule has 0 aromatic heterocycles. The van der Waals surface area contributed by atoms with Crippen molar-refractivity contribution in [1.82, 2.24) is 0 Å². The predicted octanol–water partition coefficient (Wildman–Crippen LogP) is 6.36. The van der Waals surface area contributed by atoms with E-state index in [4.69, 9.17) is 0 Å². The lowest BCUT2D eigenvalue weighted by Gasteiger charge is -2.15. The van der Waals surface area contributed by atoms with Crippen LogP contribution in [-0.4, -0.2) is 10.2 Å². The van der Waals surface area contributed by atoms with Crippen molar-refractivity contribution in [3.63, 3.8) is 0 Å². The molecular formula is C24H18O2. The summed E-state index contributed by atoms with van der Waals surface area (Å²) in [4.78, 5) is 0. The van der Waals surface area contributed by atoms with Crippen LogP contribution in [-0.2, 0) is 0 Å². The van der Waals surface area contributed by atoms with Crippen LogP contribution in [0, 0.1) is 0 Å². The first-order valence-electron chi connectivity index (χ1n) is 8.39. The first-order valence-corrected chi connectivity index (χ1v) is 8.39. The maximum atomic E-state index is 10.6. The zero-order valence-corrected chi connectivity index (χ0v) is 14.2. The molecule has 0 aliphatic heterocycles. The van der Waals surface area contributed by atoms with Gasteiger partial charge < -0.3 is 10.2 Å². The third-order valence-electron chi connectivity index (χ3n) is 4.77. The molecule has 0 unspecified atom stereocenters. The summed E-state index contributed by atoms with van der Waals surface area (Å²) >= 11 is 0. The maximum absolute atomic E-state index is 10.6. The highest BCUT2D eigenvalue weighted by atomic mass is 16.3. The van der Waals surface area contributed by atoms with Crippen LogP contribution in [0.25, 0.3) is 44.8 Å². The number of hydrogen-bond acceptors (Lipinski definition) is 2. The minimum Gasteiger partial charge on any atom is -0.507 e. The molecule has 0 atom stereocenters. The molecule has 0 fully saturated rings. The third-order valence-corrected chi connectivity index (χ3v) is 4.77. The molecule has 0 saturated carbocycles. The molecule has 26 heavy (non-hydrogen) atoms. The van der Waals surface area contributed by atoms with E-state index in [2.05, 4.69) is 13.2 Å². The molecule has 2 N–H and O–H groups in total. The lowest BCUT2D eigenvalue weighted by molar-refractivity contribution is 0.470. The fraction of sp³-hybridized carbons (Fsp3) is 0. The minimum absolute atomic E-state index is 0.138. The van der Waals surface area contributed by atoms with Crippen molar-refractivity contribution in [2.24, 2.45) is 0 Å². The molecule has 0 spiro atoms. The summed E-state index contributed by atoms with van der Waals surface area (Å²) in [6.45, 7) is 7.62. The second kappa shape index (κ2) is 6.08. The van der Waals surface area contributed by atoms with Gasteiger partial charge in [0.15, 0.2) is 0 Å². The van der Waals surface area contributed by atoms with Gasteiger partial charge in [0.2, 0.25) is 0 Å². The number of rotatable bonds is 3. The number of fused-ring (bicyclic) bond motifs is 2. The van der Waals surface area contributed by atoms with Crippen LogP contribution >= 0.6 is 0 Å². The summed E-state index contributed by atoms with van der Waals surface area (Å²) in [5.74, 6) is 0.277. The Kier molecular flexibility index (Phi) is 3.74. The van der Waals surface area contributed by atoms with Crippen LogP contribution in [0.2, 0.25) is 0 Å². The Balaban J connectivity index is 2.12. The Hall–Kier alpha value is -3.52. The van der Waals surface area contributed by atoms with Crippen molar-refractivity contribution in [2.75, 3.05) is 0 Å². The van der Waals surface area contributed by atoms with Crippen LogP contribution in [0.5, 0.6) is 11.5 Å². The van der Waals surface area contributed by atoms with Crippen LogP contribution in [0.4, 0.5) is 0 Å². The summed E-state index contributed by atoms with van der Waals surface area (Å²) in [5, 5.41) is 25.0. The first kappa shape index (κ1) is 16.0. The van der Waals surface area contributed by atoms with E-state index in [0.717, 1.165) is 32.7 Å². The van der Waals surface area contributed by atoms with E-state index in [1.165, 1.54) is 0 Å². The summed E-state index contributed by atoms with van der Waals surface area (Å²) in [7, 11) is 0. The van der Waals surface area contributed by atoms with Gasteiger partial charge in [0.1, 0.15) is 11.5 Å². The Morgan fingerprint density at radius 2 is 1.00 bits per heavy atom. The highest BCUT2D eigenvalue weighted by Crippen LogP contribution is 2.44. The van der Waals surface area contributed by atoms with Crippen molar-refractivity contribution in [2.45, 2.75) is 0 Å². The zero-order valence-electron chi connectivity index (χ0n) is 14.2. The second-order valence-electron chi connectivity index (χ2n) is 6.29. The Morgan fingerprint density at radius 3 is 1.38 bits per heavy atom. The van der Waals surface area contributed by atoms with Gasteiger partial charge >= 0.3 is 0 Å². The quantitative estimate of drug-likeness (QED) is 0.456. The molecule has 2 heteroatoms. The largest absolute Gasteiger partial charge is 0.507 e. The topological polar surface area (TPSA) is 40.5 Å². The van der Waals surface area contributed by atoms with Crippen molar-refractivity contribution >= 4 is 33.7 Å². The predicted molar refractivity (Wildman–Crippen MR) is 110 cm³/mol. The summed E-state index contributed by atoms with van der Waals surface area (Å²) in [5.41, 5.74) is 3.28. The van der Waals surface area contributed by atoms with Crippen molar-refractivity contribution < 1.29 is 10.2 Å². The van der Waals surface area contributed by atoms with Gasteiger partial charge in [-0.05, 0) is 56.9 Å². The Morgan fingerprint density at radius 1 is 0.577 bits per heavy atom. The average molecular weight is 338 g/mol. The molecule has 0 radical (unpaired) electrons. The highest BCUT2D eigenvalue weighted by Gasteiger charge is 2.16. The van der Waals surface area contributed by atoms with Gasteiger partial charge in [0.25, 0.3) is 0 Å². The third kappa shape index (κ3) is 2.44. The molecule has 0 heterocycles. The SMILES string of the molecule is C=Cc1ccc2c(-c3c(O)ccc4cc(C=C)ccc34)c(O)ccc2c1. The minimum atomic E-state index is 0.138. The molecule has 0 bridgehead atoms. The maximum Gasteiger partial charge on any atom is 0.124 e. The van der Waals surface area contributed by atoms with Crippen molar-refractivity contribution in [3.8, 4) is 22.6 Å². The number of aromatic hydroxyl groups is 2. The molecule has 0 aliphatic carbocycles. The van der Waals surface area contributed by atoms with Gasteiger partial charge in [-0.2, -0.15) is 0 Å². The van der Waals surface area contributed by atoms with E-state index >= 15 is 0 Å². The van der Waals surface area contributed by atoms with Gasteiger partial charge in [0, 0.05) is 11.1 Å². The van der Waals surface area contributed by atoms with Gasteiger partial charge in [-0.3, -0.25) is 0 Å². The molecular weight excluding hydrogens is 320 g/mol. The van der Waals surface area contributed by atoms with Gasteiger partial charge in [-0.1, -0.05) is 61.7 Å². The molecule has 2 nitrogen and oxygen atoms in total. The van der Waals surface area contributed by atoms with Gasteiger partial charge in [-0.15, -0.1) is 0 Å². The number of phenolic OH excluding ortho intramolecular Hbond substituents is 2. The fourth-order valence-corrected chi connectivity index (χ4v) is 3.45. The van der Waals surface area contributed by atoms with Gasteiger partial charge in [-0.25, -0.2) is 0 Å². The van der Waals surface area contributed by atoms with Crippen LogP contribution in [0.1, 0.15) is 11.1 Å². The van der Waals surface area contributed by atoms with Crippen molar-refractivity contribution in [1.29, 1.82) is 0 Å². The molecule has 4 aromatic rings. The highest BCUT2D eigenvalue weighted by molar-refractivity contribution is 6.10. The molecule has 126 valence electrons. The second-order valence-corrected chi connectivity index (χ2v) is 6.29. The molecule has 0 saturated heterocycles. The smallest absolute Gasteiger partial charge is 0.124 e. The van der Waals surface area contributed by atoms with E-state index < -0.39 is 0 Å². The summed E-state index contributed by atoms with van der Waals surface area (Å²) in [6, 6.07) is 18.9. The normalized spacial score (nSPS) is 10.9. The number of phenols is 2. The first-order chi connectivity index (χ1) is 12.6. The lowest BCUT2D eigenvalue weighted by atomic mass is 9.91. The summed E-state index contributed by atoms with van der Waals surface area (Å²) in [6.07, 6.45) is 3.58. The van der Waals surface area contributed by atoms with Crippen LogP contribution < -0.4 is 0 Å². The van der Waals surface area contributed by atoms with E-state index in [9.17, 15) is 10.2 Å². The Labute approximate surface area is 152 Å². The zero-order chi connectivity index (χ0) is 18.3. The van der Waals surface area contributed by atoms with E-state index in [-0.39, 0.29) is 11.5 Å². The average Bonchev–Trinajstić information content (AvgIpc) is 2.68. The monoisotopic (exact) mass is 338 g/mol. The van der Waals surface area contributed by atoms with E-state index in [1.54, 1.807) is 24.3 Å². The number of hydrogen-bond donors (Lipinski definition) is 2. The van der Waals surface area contributed by atoms with E-state index in [0.29, 0.717) is 11.1 Å². The molecule has 0 amide bonds. The molecule has 0 aliphatic rings. The van der Waals surface area contributed by atoms with Crippen molar-refractivity contribution in [3.05, 3.63) is 84.9 Å². The fourth-order valence-electron chi connectivity index (χ4n) is 3.45. The van der Waals surface area contributed by atoms with Crippen LogP contribution in [0.3, 0.4) is 0 Å². The van der Waals surface area contributed by atoms with Crippen LogP contribution in [0.15, 0.2) is 73.8 Å². The lowest BCUT2D eigenvalue weighted by Crippen LogP contribution is -1.88. The number of benzene rings is 4. The molecule has 4 rings (SSSR count). The Bertz CT molecular complexity index is 1090. The van der Waals surface area contributed by atoms with Gasteiger partial charge in [0.05, 0.1) is 0 Å². The standard InChI is InChI=1S/C24H18O2/c1-3-15-5-9-19-17(13-15)7-11-21(25)23(19)24-20-10-6-16(4-2)14-18(20)8-12-22(24)26/h3-14,25-26H,1-2H2. The molecule has 4 aromatic carbocycles. The van der Waals surface area contributed by atoms with E-state index in [1.807, 2.05) is 48.5 Å². The summed E-state index contributed by atoms with van der Waals surface area (Å²) < 4.78 is 0.